The van der Waals surface area contributed by atoms with E-state index in [1.54, 1.807) is 12.5 Å². The van der Waals surface area contributed by atoms with Crippen LogP contribution in [0.4, 0.5) is 0 Å². The van der Waals surface area contributed by atoms with Gasteiger partial charge in [-0.1, -0.05) is 64.6 Å². The number of unbranched alkanes of at least 4 members (excludes halogenated alkanes) is 4. The van der Waals surface area contributed by atoms with Gasteiger partial charge in [0.05, 0.1) is 38.7 Å². The van der Waals surface area contributed by atoms with Crippen LogP contribution in [0, 0.1) is 0 Å². The third-order valence-electron chi connectivity index (χ3n) is 3.94. The molecule has 4 heteroatoms. The molecule has 0 saturated carbocycles. The maximum atomic E-state index is 9.56. The van der Waals surface area contributed by atoms with Crippen molar-refractivity contribution in [1.82, 2.24) is 0 Å². The maximum absolute atomic E-state index is 9.56. The van der Waals surface area contributed by atoms with Crippen molar-refractivity contribution in [3.05, 3.63) is 0 Å². The highest BCUT2D eigenvalue weighted by atomic mass is 79.9. The molecule has 0 spiro atoms. The Labute approximate surface area is 155 Å². The van der Waals surface area contributed by atoms with Crippen LogP contribution in [0.25, 0.3) is 0 Å². The zero-order valence-electron chi connectivity index (χ0n) is 16.1. The van der Waals surface area contributed by atoms with Crippen LogP contribution in [-0.2, 0) is 11.2 Å². The highest BCUT2D eigenvalue weighted by Crippen LogP contribution is 2.16. The molecule has 0 heterocycles. The number of halogens is 1. The summed E-state index contributed by atoms with van der Waals surface area (Å²) in [7, 11) is 0. The fraction of sp³-hybridized carbons (Fsp3) is 1.00. The number of quaternary nitrogens is 1. The third-order valence-corrected chi connectivity index (χ3v) is 3.94. The first-order valence-electron chi connectivity index (χ1n) is 9.08. The minimum atomic E-state index is -0.611. The standard InChI is InChI=1S/C16H36N.C2H6OS.BrH/c1-5-9-13-17(14-10-6-2,15-11-7-3)16-12-8-4;1-4(2)3;/h5-16H2,1-4H3;1-2H3;1H/q+1;;/p-1. The molecule has 0 aliphatic heterocycles. The smallest absolute Gasteiger partial charge is 0.0946 e. The molecule has 22 heavy (non-hydrogen) atoms. The van der Waals surface area contributed by atoms with E-state index < -0.39 is 11.2 Å². The summed E-state index contributed by atoms with van der Waals surface area (Å²) in [5.41, 5.74) is 0. The normalized spacial score (nSPS) is 10.9. The molecule has 0 radical (unpaired) electrons. The van der Waals surface area contributed by atoms with Gasteiger partial charge in [0.1, 0.15) is 0 Å². The molecule has 0 unspecified atom stereocenters. The molecule has 0 amide bonds. The van der Waals surface area contributed by atoms with Gasteiger partial charge < -0.3 is 26.0 Å². The minimum absolute atomic E-state index is 0. The van der Waals surface area contributed by atoms with E-state index >= 15 is 0 Å². The molecule has 0 aromatic carbocycles. The summed E-state index contributed by atoms with van der Waals surface area (Å²) in [6.07, 6.45) is 14.3. The summed E-state index contributed by atoms with van der Waals surface area (Å²) in [4.78, 5) is 0. The lowest BCUT2D eigenvalue weighted by Crippen LogP contribution is -3.00. The predicted molar refractivity (Wildman–Crippen MR) is 99.4 cm³/mol. The van der Waals surface area contributed by atoms with Gasteiger partial charge in [0, 0.05) is 0 Å². The second-order valence-corrected chi connectivity index (χ2v) is 7.88. The molecule has 0 bridgehead atoms. The van der Waals surface area contributed by atoms with Crippen molar-refractivity contribution >= 4 is 11.2 Å². The van der Waals surface area contributed by atoms with Crippen molar-refractivity contribution in [3.63, 3.8) is 0 Å². The van der Waals surface area contributed by atoms with Crippen molar-refractivity contribution < 1.29 is 26.0 Å². The highest BCUT2D eigenvalue weighted by molar-refractivity contribution is 7.89. The highest BCUT2D eigenvalue weighted by Gasteiger charge is 2.24. The minimum Gasteiger partial charge on any atom is -1.00 e. The van der Waals surface area contributed by atoms with E-state index in [2.05, 4.69) is 27.7 Å². The first-order valence-corrected chi connectivity index (χ1v) is 11.0. The van der Waals surface area contributed by atoms with Crippen LogP contribution in [0.5, 0.6) is 0 Å². The molecular weight excluding hydrogens is 358 g/mol. The van der Waals surface area contributed by atoms with Gasteiger partial charge in [-0.3, -0.25) is 0 Å². The van der Waals surface area contributed by atoms with Gasteiger partial charge in [-0.25, -0.2) is 0 Å². The second-order valence-electron chi connectivity index (χ2n) is 6.39. The first-order chi connectivity index (χ1) is 9.97. The van der Waals surface area contributed by atoms with Gasteiger partial charge in [0.15, 0.2) is 0 Å². The Bertz CT molecular complexity index is 163. The summed E-state index contributed by atoms with van der Waals surface area (Å²) in [5.74, 6) is 0. The van der Waals surface area contributed by atoms with E-state index in [1.807, 2.05) is 0 Å². The van der Waals surface area contributed by atoms with Gasteiger partial charge in [-0.15, -0.1) is 0 Å². The molecule has 0 aromatic rings. The van der Waals surface area contributed by atoms with Crippen molar-refractivity contribution in [2.45, 2.75) is 79.1 Å². The lowest BCUT2D eigenvalue weighted by Gasteiger charge is -2.39. The van der Waals surface area contributed by atoms with Gasteiger partial charge >= 0.3 is 0 Å². The molecule has 0 aromatic heterocycles. The Kier molecular flexibility index (Phi) is 24.8. The molecule has 0 rings (SSSR count). The summed E-state index contributed by atoms with van der Waals surface area (Å²) in [5, 5.41) is 0. The number of rotatable bonds is 12. The Hall–Kier alpha value is 0.750. The number of hydrogen-bond acceptors (Lipinski definition) is 1. The van der Waals surface area contributed by atoms with Gasteiger partial charge in [0.25, 0.3) is 0 Å². The SMILES string of the molecule is CCCC[N+](CCCC)(CCCC)CCCC.C[S+](C)[O-].[Br-]. The van der Waals surface area contributed by atoms with Gasteiger partial charge in [-0.2, -0.15) is 0 Å². The lowest BCUT2D eigenvalue weighted by molar-refractivity contribution is -0.929. The van der Waals surface area contributed by atoms with Crippen LogP contribution < -0.4 is 17.0 Å². The molecule has 0 aliphatic carbocycles. The predicted octanol–water partition coefficient (Wildman–Crippen LogP) is 2.00. The molecule has 0 fully saturated rings. The Morgan fingerprint density at radius 2 is 0.818 bits per heavy atom. The van der Waals surface area contributed by atoms with Crippen molar-refractivity contribution in [1.29, 1.82) is 0 Å². The number of nitrogens with zero attached hydrogens (tertiary/aromatic N) is 1. The average molecular weight is 401 g/mol. The van der Waals surface area contributed by atoms with Crippen molar-refractivity contribution in [3.8, 4) is 0 Å². The molecule has 0 saturated heterocycles. The Morgan fingerprint density at radius 3 is 0.955 bits per heavy atom. The number of hydrogen-bond donors (Lipinski definition) is 0. The third kappa shape index (κ3) is 18.8. The summed E-state index contributed by atoms with van der Waals surface area (Å²) in [6.45, 7) is 15.0. The van der Waals surface area contributed by atoms with Gasteiger partial charge in [0.2, 0.25) is 0 Å². The van der Waals surface area contributed by atoms with Crippen molar-refractivity contribution in [2.75, 3.05) is 38.7 Å². The van der Waals surface area contributed by atoms with E-state index in [9.17, 15) is 4.55 Å². The zero-order chi connectivity index (χ0) is 16.6. The lowest BCUT2D eigenvalue weighted by atomic mass is 10.1. The first kappa shape index (κ1) is 27.6. The van der Waals surface area contributed by atoms with E-state index in [0.29, 0.717) is 0 Å². The molecule has 138 valence electrons. The van der Waals surface area contributed by atoms with Crippen molar-refractivity contribution in [2.24, 2.45) is 0 Å². The molecular formula is C18H42BrNOS. The Morgan fingerprint density at radius 1 is 0.636 bits per heavy atom. The van der Waals surface area contributed by atoms with Crippen LogP contribution in [0.15, 0.2) is 0 Å². The largest absolute Gasteiger partial charge is 1.00 e. The molecule has 2 nitrogen and oxygen atoms in total. The van der Waals surface area contributed by atoms with Crippen LogP contribution in [0.1, 0.15) is 79.1 Å². The molecule has 0 N–H and O–H groups in total. The van der Waals surface area contributed by atoms with E-state index in [4.69, 9.17) is 0 Å². The second kappa shape index (κ2) is 19.8. The molecule has 0 aliphatic rings. The van der Waals surface area contributed by atoms with E-state index in [0.717, 1.165) is 0 Å². The van der Waals surface area contributed by atoms with E-state index in [1.165, 1.54) is 82.0 Å². The summed E-state index contributed by atoms with van der Waals surface area (Å²) in [6, 6.07) is 0. The average Bonchev–Trinajstić information content (AvgIpc) is 2.45. The topological polar surface area (TPSA) is 23.1 Å². The summed E-state index contributed by atoms with van der Waals surface area (Å²) >= 11 is -0.611. The quantitative estimate of drug-likeness (QED) is 0.363. The van der Waals surface area contributed by atoms with Crippen LogP contribution in [0.2, 0.25) is 0 Å². The fourth-order valence-corrected chi connectivity index (χ4v) is 2.64. The fourth-order valence-electron chi connectivity index (χ4n) is 2.64. The van der Waals surface area contributed by atoms with Gasteiger partial charge in [-0.05, 0) is 25.7 Å². The Balaban J connectivity index is -0.000000640. The zero-order valence-corrected chi connectivity index (χ0v) is 18.5. The van der Waals surface area contributed by atoms with Crippen LogP contribution in [-0.4, -0.2) is 47.7 Å². The van der Waals surface area contributed by atoms with E-state index in [-0.39, 0.29) is 17.0 Å². The molecule has 0 atom stereocenters. The summed E-state index contributed by atoms with van der Waals surface area (Å²) < 4.78 is 11.0. The monoisotopic (exact) mass is 399 g/mol. The maximum Gasteiger partial charge on any atom is 0.0946 e. The van der Waals surface area contributed by atoms with Crippen LogP contribution in [0.3, 0.4) is 0 Å². The van der Waals surface area contributed by atoms with Crippen LogP contribution >= 0.6 is 0 Å².